The topological polar surface area (TPSA) is 50.2 Å². The van der Waals surface area contributed by atoms with E-state index in [1.807, 2.05) is 23.9 Å². The van der Waals surface area contributed by atoms with Crippen molar-refractivity contribution in [2.75, 3.05) is 19.6 Å². The summed E-state index contributed by atoms with van der Waals surface area (Å²) in [6.07, 6.45) is 2.64. The number of amides is 1. The van der Waals surface area contributed by atoms with Crippen LogP contribution >= 0.6 is 0 Å². The van der Waals surface area contributed by atoms with E-state index in [0.717, 1.165) is 42.9 Å². The summed E-state index contributed by atoms with van der Waals surface area (Å²) in [7, 11) is 0. The van der Waals surface area contributed by atoms with Crippen molar-refractivity contribution in [2.45, 2.75) is 32.9 Å². The van der Waals surface area contributed by atoms with Crippen LogP contribution < -0.4 is 5.32 Å². The van der Waals surface area contributed by atoms with E-state index in [9.17, 15) is 9.18 Å². The standard InChI is InChI=1S/C18H23FN4O/c1-3-23-15(6-8-21-23)7-10-22-11-9-20-18(24)17(22)16-5-4-14(19)12-13(16)2/h4-6,8,12,17H,3,7,9-11H2,1-2H3,(H,20,24)/t17-/m1/s1. The van der Waals surface area contributed by atoms with Crippen LogP contribution in [0, 0.1) is 12.7 Å². The Morgan fingerprint density at radius 3 is 2.96 bits per heavy atom. The average Bonchev–Trinajstić information content (AvgIpc) is 3.01. The molecular formula is C18H23FN4O. The van der Waals surface area contributed by atoms with Gasteiger partial charge >= 0.3 is 0 Å². The summed E-state index contributed by atoms with van der Waals surface area (Å²) >= 11 is 0. The van der Waals surface area contributed by atoms with Gasteiger partial charge in [0.1, 0.15) is 11.9 Å². The molecule has 2 heterocycles. The predicted octanol–water partition coefficient (Wildman–Crippen LogP) is 2.07. The van der Waals surface area contributed by atoms with E-state index >= 15 is 0 Å². The minimum Gasteiger partial charge on any atom is -0.353 e. The Morgan fingerprint density at radius 1 is 1.38 bits per heavy atom. The van der Waals surface area contributed by atoms with Crippen LogP contribution in [0.2, 0.25) is 0 Å². The molecule has 128 valence electrons. The molecule has 2 aromatic rings. The summed E-state index contributed by atoms with van der Waals surface area (Å²) in [4.78, 5) is 14.6. The van der Waals surface area contributed by atoms with E-state index in [1.165, 1.54) is 12.1 Å². The van der Waals surface area contributed by atoms with Gasteiger partial charge < -0.3 is 5.32 Å². The molecule has 1 fully saturated rings. The summed E-state index contributed by atoms with van der Waals surface area (Å²) in [5.41, 5.74) is 2.84. The Hall–Kier alpha value is -2.21. The van der Waals surface area contributed by atoms with E-state index in [0.29, 0.717) is 6.54 Å². The van der Waals surface area contributed by atoms with Crippen LogP contribution in [-0.4, -0.2) is 40.2 Å². The lowest BCUT2D eigenvalue weighted by atomic mass is 9.97. The van der Waals surface area contributed by atoms with Gasteiger partial charge in [0.25, 0.3) is 0 Å². The molecule has 1 aliphatic heterocycles. The zero-order valence-corrected chi connectivity index (χ0v) is 14.1. The highest BCUT2D eigenvalue weighted by Crippen LogP contribution is 2.26. The minimum absolute atomic E-state index is 0.0139. The van der Waals surface area contributed by atoms with Gasteiger partial charge in [-0.3, -0.25) is 14.4 Å². The van der Waals surface area contributed by atoms with Gasteiger partial charge in [-0.2, -0.15) is 5.10 Å². The van der Waals surface area contributed by atoms with Crippen molar-refractivity contribution in [1.82, 2.24) is 20.0 Å². The Kier molecular flexibility index (Phi) is 4.94. The second kappa shape index (κ2) is 7.13. The third-order valence-corrected chi connectivity index (χ3v) is 4.60. The van der Waals surface area contributed by atoms with Gasteiger partial charge in [0.2, 0.25) is 5.91 Å². The first kappa shape index (κ1) is 16.6. The molecule has 0 unspecified atom stereocenters. The molecule has 1 aliphatic rings. The lowest BCUT2D eigenvalue weighted by Crippen LogP contribution is -2.50. The molecule has 1 atom stereocenters. The maximum atomic E-state index is 13.4. The molecule has 0 bridgehead atoms. The van der Waals surface area contributed by atoms with E-state index in [-0.39, 0.29) is 17.8 Å². The van der Waals surface area contributed by atoms with Gasteiger partial charge in [-0.1, -0.05) is 6.07 Å². The first-order valence-corrected chi connectivity index (χ1v) is 8.38. The molecule has 6 heteroatoms. The molecule has 0 aliphatic carbocycles. The number of piperazine rings is 1. The number of aromatic nitrogens is 2. The van der Waals surface area contributed by atoms with Crippen LogP contribution in [0.5, 0.6) is 0 Å². The molecule has 0 saturated carbocycles. The number of aryl methyl sites for hydroxylation is 2. The van der Waals surface area contributed by atoms with Crippen LogP contribution in [0.15, 0.2) is 30.5 Å². The first-order chi connectivity index (χ1) is 11.6. The molecule has 0 spiro atoms. The number of nitrogens with one attached hydrogen (secondary N) is 1. The van der Waals surface area contributed by atoms with Crippen molar-refractivity contribution in [3.8, 4) is 0 Å². The van der Waals surface area contributed by atoms with Crippen LogP contribution in [-0.2, 0) is 17.8 Å². The summed E-state index contributed by atoms with van der Waals surface area (Å²) in [5.74, 6) is -0.286. The number of hydrogen-bond donors (Lipinski definition) is 1. The fraction of sp³-hybridized carbons (Fsp3) is 0.444. The van der Waals surface area contributed by atoms with Crippen molar-refractivity contribution in [2.24, 2.45) is 0 Å². The number of benzene rings is 1. The Morgan fingerprint density at radius 2 is 2.21 bits per heavy atom. The maximum absolute atomic E-state index is 13.4. The normalized spacial score (nSPS) is 18.6. The number of nitrogens with zero attached hydrogens (tertiary/aromatic N) is 3. The second-order valence-electron chi connectivity index (χ2n) is 6.12. The van der Waals surface area contributed by atoms with E-state index in [4.69, 9.17) is 0 Å². The van der Waals surface area contributed by atoms with E-state index in [2.05, 4.69) is 22.2 Å². The smallest absolute Gasteiger partial charge is 0.242 e. The lowest BCUT2D eigenvalue weighted by Gasteiger charge is -2.36. The van der Waals surface area contributed by atoms with Crippen LogP contribution in [0.25, 0.3) is 0 Å². The molecule has 5 nitrogen and oxygen atoms in total. The van der Waals surface area contributed by atoms with Gasteiger partial charge in [-0.05, 0) is 43.2 Å². The van der Waals surface area contributed by atoms with Gasteiger partial charge in [0, 0.05) is 44.5 Å². The molecule has 3 rings (SSSR count). The van der Waals surface area contributed by atoms with Gasteiger partial charge in [-0.25, -0.2) is 4.39 Å². The largest absolute Gasteiger partial charge is 0.353 e. The van der Waals surface area contributed by atoms with Crippen LogP contribution in [0.4, 0.5) is 4.39 Å². The fourth-order valence-electron chi connectivity index (χ4n) is 3.35. The highest BCUT2D eigenvalue weighted by atomic mass is 19.1. The third kappa shape index (κ3) is 3.33. The van der Waals surface area contributed by atoms with Crippen molar-refractivity contribution in [1.29, 1.82) is 0 Å². The Bertz CT molecular complexity index is 728. The lowest BCUT2D eigenvalue weighted by molar-refractivity contribution is -0.129. The van der Waals surface area contributed by atoms with Gasteiger partial charge in [0.05, 0.1) is 0 Å². The number of hydrogen-bond acceptors (Lipinski definition) is 3. The Balaban J connectivity index is 1.80. The van der Waals surface area contributed by atoms with E-state index in [1.54, 1.807) is 6.07 Å². The molecule has 1 aromatic heterocycles. The third-order valence-electron chi connectivity index (χ3n) is 4.60. The average molecular weight is 330 g/mol. The quantitative estimate of drug-likeness (QED) is 0.913. The van der Waals surface area contributed by atoms with Crippen molar-refractivity contribution < 1.29 is 9.18 Å². The van der Waals surface area contributed by atoms with Gasteiger partial charge in [0.15, 0.2) is 0 Å². The molecule has 1 amide bonds. The summed E-state index contributed by atoms with van der Waals surface area (Å²) in [5, 5.41) is 7.22. The van der Waals surface area contributed by atoms with Gasteiger partial charge in [-0.15, -0.1) is 0 Å². The summed E-state index contributed by atoms with van der Waals surface area (Å²) in [6.45, 7) is 6.94. The first-order valence-electron chi connectivity index (χ1n) is 8.38. The SMILES string of the molecule is CCn1nccc1CCN1CCNC(=O)[C@H]1c1ccc(F)cc1C. The molecule has 1 saturated heterocycles. The highest BCUT2D eigenvalue weighted by Gasteiger charge is 2.32. The zero-order chi connectivity index (χ0) is 17.1. The molecule has 24 heavy (non-hydrogen) atoms. The van der Waals surface area contributed by atoms with Crippen LogP contribution in [0.1, 0.15) is 29.8 Å². The van der Waals surface area contributed by atoms with Crippen molar-refractivity contribution in [3.05, 3.63) is 53.1 Å². The number of halogens is 1. The summed E-state index contributed by atoms with van der Waals surface area (Å²) in [6, 6.07) is 6.29. The zero-order valence-electron chi connectivity index (χ0n) is 14.1. The fourth-order valence-corrected chi connectivity index (χ4v) is 3.35. The number of carbonyl (C=O) groups excluding carboxylic acids is 1. The minimum atomic E-state index is -0.364. The molecular weight excluding hydrogens is 307 g/mol. The maximum Gasteiger partial charge on any atom is 0.242 e. The Labute approximate surface area is 141 Å². The second-order valence-corrected chi connectivity index (χ2v) is 6.12. The molecule has 0 radical (unpaired) electrons. The predicted molar refractivity (Wildman–Crippen MR) is 90.1 cm³/mol. The molecule has 1 aromatic carbocycles. The number of rotatable bonds is 5. The monoisotopic (exact) mass is 330 g/mol. The summed E-state index contributed by atoms with van der Waals surface area (Å²) < 4.78 is 15.4. The van der Waals surface area contributed by atoms with Crippen LogP contribution in [0.3, 0.4) is 0 Å². The highest BCUT2D eigenvalue weighted by molar-refractivity contribution is 5.84. The number of carbonyl (C=O) groups is 1. The van der Waals surface area contributed by atoms with Crippen molar-refractivity contribution >= 4 is 5.91 Å². The van der Waals surface area contributed by atoms with E-state index < -0.39 is 0 Å². The molecule has 1 N–H and O–H groups in total. The van der Waals surface area contributed by atoms with Crippen molar-refractivity contribution in [3.63, 3.8) is 0 Å².